The molecule has 2 aromatic carbocycles. The molecule has 4 N–H and O–H groups in total. The average Bonchev–Trinajstić information content (AvgIpc) is 2.37. The van der Waals surface area contributed by atoms with Gasteiger partial charge in [0.05, 0.1) is 4.92 Å². The number of phenols is 4. The van der Waals surface area contributed by atoms with E-state index in [0.717, 1.165) is 18.2 Å². The predicted octanol–water partition coefficient (Wildman–Crippen LogP) is 1.88. The molecule has 0 heterocycles. The van der Waals surface area contributed by atoms with Gasteiger partial charge in [0.15, 0.2) is 17.2 Å². The van der Waals surface area contributed by atoms with Gasteiger partial charge in [0, 0.05) is 11.6 Å². The van der Waals surface area contributed by atoms with Gasteiger partial charge in [-0.3, -0.25) is 10.1 Å². The third-order valence-electron chi connectivity index (χ3n) is 2.52. The third kappa shape index (κ3) is 2.08. The lowest BCUT2D eigenvalue weighted by atomic mass is 10.0. The molecule has 0 atom stereocenters. The van der Waals surface area contributed by atoms with Crippen molar-refractivity contribution in [2.24, 2.45) is 0 Å². The highest BCUT2D eigenvalue weighted by Gasteiger charge is 2.18. The monoisotopic (exact) mass is 262 g/mol. The van der Waals surface area contributed by atoms with Crippen molar-refractivity contribution in [3.8, 4) is 34.1 Å². The summed E-state index contributed by atoms with van der Waals surface area (Å²) < 4.78 is 0. The zero-order chi connectivity index (χ0) is 14.2. The van der Waals surface area contributed by atoms with E-state index >= 15 is 0 Å². The molecule has 2 aromatic rings. The van der Waals surface area contributed by atoms with Gasteiger partial charge >= 0.3 is 5.69 Å². The average molecular weight is 262 g/mol. The molecule has 1 radical (unpaired) electrons. The molecule has 0 saturated heterocycles. The van der Waals surface area contributed by atoms with Crippen molar-refractivity contribution in [1.82, 2.24) is 0 Å². The van der Waals surface area contributed by atoms with Crippen molar-refractivity contribution >= 4 is 5.69 Å². The van der Waals surface area contributed by atoms with Crippen molar-refractivity contribution in [3.63, 3.8) is 0 Å². The van der Waals surface area contributed by atoms with E-state index in [9.17, 15) is 25.4 Å². The maximum Gasteiger partial charge on any atom is 0.311 e. The van der Waals surface area contributed by atoms with E-state index in [1.54, 1.807) is 0 Å². The van der Waals surface area contributed by atoms with Crippen LogP contribution >= 0.6 is 0 Å². The standard InChI is InChI=1S/C12H8NO6/c14-9-3-1-6(5-8(9)13(18)19)7-2-4-10(15)12(17)11(7)16/h1,3-5,14-17H. The molecule has 0 spiro atoms. The van der Waals surface area contributed by atoms with Crippen LogP contribution in [0.3, 0.4) is 0 Å². The summed E-state index contributed by atoms with van der Waals surface area (Å²) in [6.07, 6.45) is 0. The van der Waals surface area contributed by atoms with Crippen molar-refractivity contribution in [2.45, 2.75) is 0 Å². The molecule has 7 heteroatoms. The minimum Gasteiger partial charge on any atom is -0.504 e. The van der Waals surface area contributed by atoms with Crippen molar-refractivity contribution in [1.29, 1.82) is 0 Å². The highest BCUT2D eigenvalue weighted by Crippen LogP contribution is 2.43. The number of nitro groups is 1. The summed E-state index contributed by atoms with van der Waals surface area (Å²) in [6, 6.07) is 6.92. The van der Waals surface area contributed by atoms with Crippen LogP contribution in [0, 0.1) is 16.2 Å². The summed E-state index contributed by atoms with van der Waals surface area (Å²) in [5.41, 5.74) is -0.409. The molecule has 2 rings (SSSR count). The fraction of sp³-hybridized carbons (Fsp3) is 0. The Morgan fingerprint density at radius 3 is 2.37 bits per heavy atom. The first-order valence-corrected chi connectivity index (χ1v) is 5.05. The summed E-state index contributed by atoms with van der Waals surface area (Å²) in [6.45, 7) is 0. The Morgan fingerprint density at radius 1 is 1.05 bits per heavy atom. The van der Waals surface area contributed by atoms with E-state index in [1.165, 1.54) is 6.07 Å². The normalized spacial score (nSPS) is 10.3. The van der Waals surface area contributed by atoms with Gasteiger partial charge in [0.1, 0.15) is 0 Å². The minimum absolute atomic E-state index is 0.0293. The number of rotatable bonds is 2. The highest BCUT2D eigenvalue weighted by atomic mass is 16.6. The maximum absolute atomic E-state index is 10.7. The molecule has 97 valence electrons. The van der Waals surface area contributed by atoms with E-state index in [4.69, 9.17) is 5.11 Å². The van der Waals surface area contributed by atoms with Gasteiger partial charge in [-0.2, -0.15) is 0 Å². The second kappa shape index (κ2) is 4.37. The Morgan fingerprint density at radius 2 is 1.74 bits per heavy atom. The molecule has 0 saturated carbocycles. The smallest absolute Gasteiger partial charge is 0.311 e. The maximum atomic E-state index is 10.7. The number of hydrogen-bond acceptors (Lipinski definition) is 6. The van der Waals surface area contributed by atoms with Crippen LogP contribution in [0.25, 0.3) is 11.1 Å². The lowest BCUT2D eigenvalue weighted by Crippen LogP contribution is -1.90. The Hall–Kier alpha value is -2.96. The number of benzene rings is 2. The largest absolute Gasteiger partial charge is 0.504 e. The molecule has 19 heavy (non-hydrogen) atoms. The lowest BCUT2D eigenvalue weighted by Gasteiger charge is -2.07. The highest BCUT2D eigenvalue weighted by molar-refractivity contribution is 5.77. The number of hydrogen-bond donors (Lipinski definition) is 4. The lowest BCUT2D eigenvalue weighted by molar-refractivity contribution is -0.385. The summed E-state index contributed by atoms with van der Waals surface area (Å²) in [4.78, 5) is 9.91. The Bertz CT molecular complexity index is 668. The van der Waals surface area contributed by atoms with Gasteiger partial charge < -0.3 is 20.4 Å². The summed E-state index contributed by atoms with van der Waals surface area (Å²) in [7, 11) is 0. The second-order valence-corrected chi connectivity index (χ2v) is 3.71. The quantitative estimate of drug-likeness (QED) is 0.372. The number of nitro benzene ring substituents is 1. The molecular weight excluding hydrogens is 254 g/mol. The van der Waals surface area contributed by atoms with Crippen LogP contribution in [0.1, 0.15) is 0 Å². The van der Waals surface area contributed by atoms with Crippen LogP contribution < -0.4 is 0 Å². The van der Waals surface area contributed by atoms with Crippen molar-refractivity contribution in [3.05, 3.63) is 40.4 Å². The zero-order valence-electron chi connectivity index (χ0n) is 9.36. The van der Waals surface area contributed by atoms with E-state index in [0.29, 0.717) is 0 Å². The molecule has 0 aliphatic heterocycles. The first-order valence-electron chi connectivity index (χ1n) is 5.05. The number of nitrogens with zero attached hydrogens (tertiary/aromatic N) is 1. The van der Waals surface area contributed by atoms with Crippen LogP contribution in [-0.2, 0) is 0 Å². The molecule has 0 fully saturated rings. The first-order chi connectivity index (χ1) is 8.91. The van der Waals surface area contributed by atoms with Gasteiger partial charge in [-0.25, -0.2) is 0 Å². The first kappa shape index (κ1) is 12.5. The summed E-state index contributed by atoms with van der Waals surface area (Å²) in [5, 5.41) is 48.2. The molecule has 7 nitrogen and oxygen atoms in total. The van der Waals surface area contributed by atoms with E-state index in [-0.39, 0.29) is 11.1 Å². The zero-order valence-corrected chi connectivity index (χ0v) is 9.36. The molecular formula is C12H8NO6. The molecule has 0 aliphatic rings. The fourth-order valence-electron chi connectivity index (χ4n) is 1.56. The summed E-state index contributed by atoms with van der Waals surface area (Å²) >= 11 is 0. The molecule has 0 amide bonds. The molecule has 0 aliphatic carbocycles. The van der Waals surface area contributed by atoms with Crippen LogP contribution in [-0.4, -0.2) is 25.3 Å². The second-order valence-electron chi connectivity index (χ2n) is 3.71. The van der Waals surface area contributed by atoms with Gasteiger partial charge in [-0.15, -0.1) is 0 Å². The predicted molar refractivity (Wildman–Crippen MR) is 64.0 cm³/mol. The van der Waals surface area contributed by atoms with Crippen molar-refractivity contribution < 1.29 is 25.3 Å². The van der Waals surface area contributed by atoms with E-state index in [2.05, 4.69) is 6.07 Å². The summed E-state index contributed by atoms with van der Waals surface area (Å²) in [5.74, 6) is -2.48. The van der Waals surface area contributed by atoms with E-state index in [1.807, 2.05) is 0 Å². The van der Waals surface area contributed by atoms with Gasteiger partial charge in [0.2, 0.25) is 5.75 Å². The topological polar surface area (TPSA) is 124 Å². The minimum atomic E-state index is -0.782. The molecule has 0 unspecified atom stereocenters. The number of aromatic hydroxyl groups is 4. The van der Waals surface area contributed by atoms with Crippen LogP contribution in [0.4, 0.5) is 5.69 Å². The SMILES string of the molecule is O=[N+]([O-])c1cc(-c2[c]cc(O)c(O)c2O)ccc1O. The Kier molecular flexibility index (Phi) is 2.88. The Balaban J connectivity index is 2.63. The van der Waals surface area contributed by atoms with Crippen molar-refractivity contribution in [2.75, 3.05) is 0 Å². The Labute approximate surface area is 106 Å². The van der Waals surface area contributed by atoms with E-state index < -0.39 is 33.6 Å². The fourth-order valence-corrected chi connectivity index (χ4v) is 1.56. The van der Waals surface area contributed by atoms with Gasteiger partial charge in [-0.1, -0.05) is 6.07 Å². The van der Waals surface area contributed by atoms with Gasteiger partial charge in [-0.05, 0) is 23.8 Å². The number of phenolic OH excluding ortho intramolecular Hbond substituents is 4. The molecule has 0 aromatic heterocycles. The van der Waals surface area contributed by atoms with Gasteiger partial charge in [0.25, 0.3) is 0 Å². The van der Waals surface area contributed by atoms with Crippen LogP contribution in [0.2, 0.25) is 0 Å². The van der Waals surface area contributed by atoms with Crippen LogP contribution in [0.15, 0.2) is 24.3 Å². The van der Waals surface area contributed by atoms with Crippen LogP contribution in [0.5, 0.6) is 23.0 Å². The third-order valence-corrected chi connectivity index (χ3v) is 2.52. The molecule has 0 bridgehead atoms.